The SMILES string of the molecule is Cc1noc(C)c1CN1CCc2c(C(=O)NCCCC(C)(C)C)csc2C1. The van der Waals surface area contributed by atoms with Crippen molar-refractivity contribution in [2.24, 2.45) is 5.41 Å². The third kappa shape index (κ3) is 4.99. The molecule has 2 aromatic rings. The Bertz CT molecular complexity index is 781. The standard InChI is InChI=1S/C21H31N3O2S/c1-14-17(15(2)26-23-14)11-24-10-7-16-18(13-27-19(16)12-24)20(25)22-9-6-8-21(3,4)5/h13H,6-12H2,1-5H3,(H,22,25). The molecule has 3 heterocycles. The number of nitrogens with one attached hydrogen (secondary N) is 1. The van der Waals surface area contributed by atoms with Crippen LogP contribution in [0.2, 0.25) is 0 Å². The fraction of sp³-hybridized carbons (Fsp3) is 0.619. The molecule has 2 aromatic heterocycles. The van der Waals surface area contributed by atoms with Crippen LogP contribution in [0.1, 0.15) is 71.4 Å². The minimum Gasteiger partial charge on any atom is -0.361 e. The maximum Gasteiger partial charge on any atom is 0.252 e. The molecule has 0 aliphatic carbocycles. The number of hydrogen-bond donors (Lipinski definition) is 1. The zero-order chi connectivity index (χ0) is 19.6. The van der Waals surface area contributed by atoms with E-state index in [0.717, 1.165) is 62.5 Å². The highest BCUT2D eigenvalue weighted by Crippen LogP contribution is 2.30. The van der Waals surface area contributed by atoms with E-state index in [-0.39, 0.29) is 5.91 Å². The summed E-state index contributed by atoms with van der Waals surface area (Å²) < 4.78 is 5.28. The van der Waals surface area contributed by atoms with Gasteiger partial charge in [-0.3, -0.25) is 9.69 Å². The van der Waals surface area contributed by atoms with Gasteiger partial charge in [-0.25, -0.2) is 0 Å². The highest BCUT2D eigenvalue weighted by molar-refractivity contribution is 7.10. The summed E-state index contributed by atoms with van der Waals surface area (Å²) >= 11 is 1.71. The number of aryl methyl sites for hydroxylation is 2. The molecule has 0 fully saturated rings. The number of thiophene rings is 1. The number of carbonyl (C=O) groups is 1. The van der Waals surface area contributed by atoms with Gasteiger partial charge >= 0.3 is 0 Å². The van der Waals surface area contributed by atoms with Gasteiger partial charge in [0.25, 0.3) is 5.91 Å². The van der Waals surface area contributed by atoms with Gasteiger partial charge in [-0.05, 0) is 44.1 Å². The summed E-state index contributed by atoms with van der Waals surface area (Å²) in [5.74, 6) is 0.986. The van der Waals surface area contributed by atoms with Crippen molar-refractivity contribution < 1.29 is 9.32 Å². The zero-order valence-corrected chi connectivity index (χ0v) is 18.0. The lowest BCUT2D eigenvalue weighted by Gasteiger charge is -2.27. The molecule has 1 aliphatic heterocycles. The molecule has 0 bridgehead atoms. The molecule has 0 radical (unpaired) electrons. The van der Waals surface area contributed by atoms with Crippen molar-refractivity contribution in [3.05, 3.63) is 38.4 Å². The van der Waals surface area contributed by atoms with E-state index in [0.29, 0.717) is 5.41 Å². The third-order valence-corrected chi connectivity index (χ3v) is 6.24. The van der Waals surface area contributed by atoms with E-state index in [1.54, 1.807) is 11.3 Å². The van der Waals surface area contributed by atoms with Gasteiger partial charge in [-0.2, -0.15) is 0 Å². The smallest absolute Gasteiger partial charge is 0.252 e. The lowest BCUT2D eigenvalue weighted by Crippen LogP contribution is -2.31. The van der Waals surface area contributed by atoms with E-state index in [9.17, 15) is 4.79 Å². The number of fused-ring (bicyclic) bond motifs is 1. The first-order chi connectivity index (χ1) is 12.7. The first-order valence-corrected chi connectivity index (χ1v) is 10.6. The molecule has 1 N–H and O–H groups in total. The largest absolute Gasteiger partial charge is 0.361 e. The van der Waals surface area contributed by atoms with Crippen molar-refractivity contribution >= 4 is 17.2 Å². The lowest BCUT2D eigenvalue weighted by atomic mass is 9.91. The topological polar surface area (TPSA) is 58.4 Å². The van der Waals surface area contributed by atoms with Crippen LogP contribution in [0.4, 0.5) is 0 Å². The number of amides is 1. The van der Waals surface area contributed by atoms with Gasteiger partial charge in [0, 0.05) is 42.0 Å². The average Bonchev–Trinajstić information content (AvgIpc) is 3.16. The van der Waals surface area contributed by atoms with Gasteiger partial charge in [-0.1, -0.05) is 25.9 Å². The van der Waals surface area contributed by atoms with E-state index in [1.807, 2.05) is 19.2 Å². The molecule has 27 heavy (non-hydrogen) atoms. The summed E-state index contributed by atoms with van der Waals surface area (Å²) in [5, 5.41) is 9.19. The monoisotopic (exact) mass is 389 g/mol. The molecule has 0 aromatic carbocycles. The maximum atomic E-state index is 12.6. The lowest BCUT2D eigenvalue weighted by molar-refractivity contribution is 0.0950. The highest BCUT2D eigenvalue weighted by Gasteiger charge is 2.25. The predicted octanol–water partition coefficient (Wildman–Crippen LogP) is 4.47. The Morgan fingerprint density at radius 1 is 1.37 bits per heavy atom. The zero-order valence-electron chi connectivity index (χ0n) is 17.1. The Morgan fingerprint density at radius 3 is 2.81 bits per heavy atom. The van der Waals surface area contributed by atoms with Crippen LogP contribution in [0.5, 0.6) is 0 Å². The quantitative estimate of drug-likeness (QED) is 0.741. The molecule has 1 aliphatic rings. The Hall–Kier alpha value is -1.66. The van der Waals surface area contributed by atoms with E-state index in [4.69, 9.17) is 4.52 Å². The fourth-order valence-electron chi connectivity index (χ4n) is 3.57. The van der Waals surface area contributed by atoms with Crippen LogP contribution in [0.3, 0.4) is 0 Å². The van der Waals surface area contributed by atoms with Crippen LogP contribution in [0, 0.1) is 19.3 Å². The molecule has 0 unspecified atom stereocenters. The van der Waals surface area contributed by atoms with Crippen molar-refractivity contribution in [3.63, 3.8) is 0 Å². The Morgan fingerprint density at radius 2 is 2.15 bits per heavy atom. The fourth-order valence-corrected chi connectivity index (χ4v) is 4.69. The number of nitrogens with zero attached hydrogens (tertiary/aromatic N) is 2. The molecular weight excluding hydrogens is 358 g/mol. The van der Waals surface area contributed by atoms with Gasteiger partial charge in [0.1, 0.15) is 5.76 Å². The molecule has 0 saturated heterocycles. The van der Waals surface area contributed by atoms with E-state index >= 15 is 0 Å². The molecule has 3 rings (SSSR count). The molecule has 148 valence electrons. The second-order valence-electron chi connectivity index (χ2n) is 8.73. The van der Waals surface area contributed by atoms with E-state index < -0.39 is 0 Å². The Kier molecular flexibility index (Phi) is 6.06. The second kappa shape index (κ2) is 8.15. The van der Waals surface area contributed by atoms with Gasteiger partial charge in [-0.15, -0.1) is 11.3 Å². The number of carbonyl (C=O) groups excluding carboxylic acids is 1. The summed E-state index contributed by atoms with van der Waals surface area (Å²) in [7, 11) is 0. The van der Waals surface area contributed by atoms with E-state index in [2.05, 4.69) is 36.1 Å². The normalized spacial score (nSPS) is 15.0. The summed E-state index contributed by atoms with van der Waals surface area (Å²) in [6.45, 7) is 14.1. The van der Waals surface area contributed by atoms with Gasteiger partial charge in [0.15, 0.2) is 0 Å². The van der Waals surface area contributed by atoms with Crippen molar-refractivity contribution in [2.45, 2.75) is 67.0 Å². The molecular formula is C21H31N3O2S. The molecule has 0 saturated carbocycles. The maximum absolute atomic E-state index is 12.6. The number of hydrogen-bond acceptors (Lipinski definition) is 5. The van der Waals surface area contributed by atoms with Crippen molar-refractivity contribution in [1.29, 1.82) is 0 Å². The minimum absolute atomic E-state index is 0.0839. The Balaban J connectivity index is 1.57. The van der Waals surface area contributed by atoms with Crippen LogP contribution in [-0.4, -0.2) is 29.1 Å². The van der Waals surface area contributed by atoms with Crippen molar-refractivity contribution in [2.75, 3.05) is 13.1 Å². The molecule has 6 heteroatoms. The first kappa shape index (κ1) is 20.1. The third-order valence-electron chi connectivity index (χ3n) is 5.22. The van der Waals surface area contributed by atoms with Gasteiger partial charge in [0.05, 0.1) is 11.3 Å². The average molecular weight is 390 g/mol. The van der Waals surface area contributed by atoms with Crippen LogP contribution in [0.25, 0.3) is 0 Å². The molecule has 0 spiro atoms. The Labute approximate surface area is 166 Å². The first-order valence-electron chi connectivity index (χ1n) is 9.76. The van der Waals surface area contributed by atoms with E-state index in [1.165, 1.54) is 16.0 Å². The van der Waals surface area contributed by atoms with Crippen LogP contribution >= 0.6 is 11.3 Å². The van der Waals surface area contributed by atoms with Gasteiger partial charge < -0.3 is 9.84 Å². The predicted molar refractivity (Wildman–Crippen MR) is 109 cm³/mol. The number of aromatic nitrogens is 1. The molecule has 1 amide bonds. The number of rotatable bonds is 6. The summed E-state index contributed by atoms with van der Waals surface area (Å²) in [6, 6.07) is 0. The van der Waals surface area contributed by atoms with Crippen LogP contribution in [0.15, 0.2) is 9.90 Å². The summed E-state index contributed by atoms with van der Waals surface area (Å²) in [4.78, 5) is 16.3. The molecule has 5 nitrogen and oxygen atoms in total. The minimum atomic E-state index is 0.0839. The van der Waals surface area contributed by atoms with Crippen molar-refractivity contribution in [3.8, 4) is 0 Å². The summed E-state index contributed by atoms with van der Waals surface area (Å²) in [5.41, 5.74) is 4.59. The van der Waals surface area contributed by atoms with Crippen LogP contribution in [-0.2, 0) is 19.5 Å². The van der Waals surface area contributed by atoms with Crippen molar-refractivity contribution in [1.82, 2.24) is 15.4 Å². The second-order valence-corrected chi connectivity index (χ2v) is 9.70. The molecule has 0 atom stereocenters. The van der Waals surface area contributed by atoms with Gasteiger partial charge in [0.2, 0.25) is 0 Å². The van der Waals surface area contributed by atoms with Crippen LogP contribution < -0.4 is 5.32 Å². The highest BCUT2D eigenvalue weighted by atomic mass is 32.1. The summed E-state index contributed by atoms with van der Waals surface area (Å²) in [6.07, 6.45) is 3.06.